The standard InChI is InChI=1S/C41H48ClN5O4S.C39H44ClN5O4S/c1-8-50-40(49)37(51-41(4,5)6)34-24(2)21-32-38(35(34)26-9-12-29(42)13-10-26)52-39(43-32)28-11-14-33-31(22-28)36(44-45(33)7)27-15-18-46(19-16-27)30-17-20-47(23-30)25(3)48;1-22-19-30-36(33(24-7-10-27(40)11-8-24)32(22)35(38(47)48)49-39(3,4)5)50-37(41-30)26-9-12-31-29(20-26)34(42-43(31)6)25-13-16-44(17-14-25)28-15-18-45(21-28)23(2)46/h9-14,21-22,27,30,37H,8,15-20,23H2,1-7H3;7-12,19-20,25,28,35H,13-18,21H2,1-6H3,(H,47,48)/t30-,37+;28-,35+/m11/s1. The second-order valence-electron chi connectivity index (χ2n) is 29.9. The number of carboxylic acids is 1. The molecule has 18 nitrogen and oxygen atoms in total. The molecule has 4 fully saturated rings. The van der Waals surface area contributed by atoms with Crippen LogP contribution in [0.25, 0.3) is 85.6 Å². The van der Waals surface area contributed by atoms with Crippen molar-refractivity contribution in [1.29, 1.82) is 0 Å². The Morgan fingerprint density at radius 3 is 1.29 bits per heavy atom. The Kier molecular flexibility index (Phi) is 21.0. The maximum Gasteiger partial charge on any atom is 0.339 e. The molecule has 6 aromatic carbocycles. The van der Waals surface area contributed by atoms with E-state index in [4.69, 9.17) is 57.6 Å². The minimum absolute atomic E-state index is 0.169. The Balaban J connectivity index is 0.000000182. The summed E-state index contributed by atoms with van der Waals surface area (Å²) < 4.78 is 24.1. The number of rotatable bonds is 15. The normalized spacial score (nSPS) is 18.2. The molecule has 10 aromatic rings. The lowest BCUT2D eigenvalue weighted by Gasteiger charge is -2.35. The van der Waals surface area contributed by atoms with Gasteiger partial charge in [-0.25, -0.2) is 19.6 Å². The number of ether oxygens (including phenoxy) is 3. The fourth-order valence-corrected chi connectivity index (χ4v) is 18.2. The Bertz CT molecular complexity index is 4820. The minimum Gasteiger partial charge on any atom is -0.479 e. The molecule has 0 aliphatic carbocycles. The Morgan fingerprint density at radius 1 is 0.549 bits per heavy atom. The highest BCUT2D eigenvalue weighted by molar-refractivity contribution is 7.22. The minimum atomic E-state index is -1.17. The highest BCUT2D eigenvalue weighted by Crippen LogP contribution is 2.48. The molecule has 102 heavy (non-hydrogen) atoms. The summed E-state index contributed by atoms with van der Waals surface area (Å²) in [6.45, 7) is 28.2. The molecule has 4 saturated heterocycles. The average molecular weight is 1460 g/mol. The van der Waals surface area contributed by atoms with Crippen LogP contribution in [0.15, 0.2) is 97.1 Å². The van der Waals surface area contributed by atoms with E-state index >= 15 is 0 Å². The molecule has 0 spiro atoms. The number of piperidine rings is 2. The van der Waals surface area contributed by atoms with Crippen molar-refractivity contribution in [1.82, 2.24) is 49.1 Å². The summed E-state index contributed by atoms with van der Waals surface area (Å²) in [5, 5.41) is 25.9. The molecule has 4 aromatic heterocycles. The van der Waals surface area contributed by atoms with E-state index in [-0.39, 0.29) is 18.4 Å². The first kappa shape index (κ1) is 72.7. The first-order valence-electron chi connectivity index (χ1n) is 35.7. The van der Waals surface area contributed by atoms with Crippen LogP contribution in [0.4, 0.5) is 0 Å². The van der Waals surface area contributed by atoms with E-state index in [0.29, 0.717) is 39.5 Å². The van der Waals surface area contributed by atoms with Crippen molar-refractivity contribution in [2.75, 3.05) is 59.0 Å². The molecule has 8 heterocycles. The van der Waals surface area contributed by atoms with Gasteiger partial charge in [-0.1, -0.05) is 47.5 Å². The monoisotopic (exact) mass is 1450 g/mol. The van der Waals surface area contributed by atoms with Gasteiger partial charge in [-0.3, -0.25) is 28.8 Å². The van der Waals surface area contributed by atoms with Crippen molar-refractivity contribution in [2.45, 2.75) is 162 Å². The van der Waals surface area contributed by atoms with E-state index in [1.807, 2.05) is 150 Å². The summed E-state index contributed by atoms with van der Waals surface area (Å²) in [7, 11) is 4.03. The molecule has 4 atom stereocenters. The van der Waals surface area contributed by atoms with Crippen LogP contribution in [0.2, 0.25) is 10.0 Å². The molecule has 2 amide bonds. The highest BCUT2D eigenvalue weighted by atomic mass is 35.5. The molecule has 0 saturated carbocycles. The molecule has 1 N–H and O–H groups in total. The van der Waals surface area contributed by atoms with Crippen molar-refractivity contribution >= 4 is 112 Å². The van der Waals surface area contributed by atoms with Crippen LogP contribution >= 0.6 is 45.9 Å². The molecular formula is C80H92Cl2N10O8S2. The lowest BCUT2D eigenvalue weighted by Crippen LogP contribution is -2.43. The van der Waals surface area contributed by atoms with E-state index in [1.165, 1.54) is 0 Å². The predicted molar refractivity (Wildman–Crippen MR) is 409 cm³/mol. The van der Waals surface area contributed by atoms with Crippen LogP contribution in [-0.2, 0) is 47.5 Å². The SMILES string of the molecule is CC(=O)N1CC[C@@H](N2CCC(c3nn(C)c4ccc(-c5nc6cc(C)c([C@H](OC(C)(C)C)C(=O)O)c(-c7ccc(Cl)cc7)c6s5)cc34)CC2)C1.CCOC(=O)[C@@H](OC(C)(C)C)c1c(C)cc2nc(-c3ccc4c(c3)c(C3CCN([C@@H]5CCN(C(C)=O)C5)CC3)nn4C)sc2c1-c1ccc(Cl)cc1. The summed E-state index contributed by atoms with van der Waals surface area (Å²) in [5.41, 5.74) is 13.5. The van der Waals surface area contributed by atoms with Crippen molar-refractivity contribution in [3.8, 4) is 43.4 Å². The fraction of sp³-hybridized carbons (Fsp3) is 0.450. The van der Waals surface area contributed by atoms with Crippen LogP contribution in [0.3, 0.4) is 0 Å². The van der Waals surface area contributed by atoms with E-state index in [9.17, 15) is 24.3 Å². The number of aryl methyl sites for hydroxylation is 4. The number of aliphatic carboxylic acids is 1. The zero-order chi connectivity index (χ0) is 72.4. The molecule has 0 bridgehead atoms. The third-order valence-corrected chi connectivity index (χ3v) is 23.4. The van der Waals surface area contributed by atoms with E-state index < -0.39 is 35.3 Å². The molecule has 4 aliphatic heterocycles. The number of hydrogen-bond acceptors (Lipinski definition) is 15. The quantitative estimate of drug-likeness (QED) is 0.0954. The van der Waals surface area contributed by atoms with Crippen molar-refractivity contribution < 1.29 is 38.5 Å². The summed E-state index contributed by atoms with van der Waals surface area (Å²) in [6, 6.07) is 33.2. The second kappa shape index (κ2) is 29.5. The van der Waals surface area contributed by atoms with Gasteiger partial charge in [0.05, 0.1) is 60.7 Å². The van der Waals surface area contributed by atoms with Gasteiger partial charge in [-0.05, 0) is 222 Å². The number of thiazole rings is 2. The lowest BCUT2D eigenvalue weighted by molar-refractivity contribution is -0.166. The largest absolute Gasteiger partial charge is 0.479 e. The van der Waals surface area contributed by atoms with Gasteiger partial charge in [0, 0.05) is 132 Å². The number of esters is 1. The van der Waals surface area contributed by atoms with Crippen molar-refractivity contribution in [3.63, 3.8) is 0 Å². The number of carbonyl (C=O) groups is 4. The van der Waals surface area contributed by atoms with Crippen LogP contribution in [-0.4, -0.2) is 160 Å². The third kappa shape index (κ3) is 15.2. The van der Waals surface area contributed by atoms with Gasteiger partial charge in [0.1, 0.15) is 10.0 Å². The number of carboxylic acid groups (broad SMARTS) is 1. The van der Waals surface area contributed by atoms with Gasteiger partial charge in [-0.2, -0.15) is 10.2 Å². The maximum absolute atomic E-state index is 13.6. The first-order valence-corrected chi connectivity index (χ1v) is 38.1. The lowest BCUT2D eigenvalue weighted by atomic mass is 9.90. The Morgan fingerprint density at radius 2 is 0.931 bits per heavy atom. The number of hydrogen-bond donors (Lipinski definition) is 1. The average Bonchev–Trinajstić information content (AvgIpc) is 1.50. The molecule has 536 valence electrons. The van der Waals surface area contributed by atoms with Gasteiger partial charge in [0.25, 0.3) is 0 Å². The molecule has 4 aliphatic rings. The first-order chi connectivity index (χ1) is 48.6. The maximum atomic E-state index is 13.6. The van der Waals surface area contributed by atoms with Gasteiger partial charge >= 0.3 is 11.9 Å². The third-order valence-electron chi connectivity index (χ3n) is 20.6. The van der Waals surface area contributed by atoms with Crippen LogP contribution in [0.1, 0.15) is 159 Å². The van der Waals surface area contributed by atoms with E-state index in [1.54, 1.807) is 36.5 Å². The number of aromatic nitrogens is 6. The number of fused-ring (bicyclic) bond motifs is 4. The smallest absolute Gasteiger partial charge is 0.339 e. The molecular weight excluding hydrogens is 1360 g/mol. The summed E-state index contributed by atoms with van der Waals surface area (Å²) >= 11 is 15.8. The Labute approximate surface area is 614 Å². The molecule has 0 radical (unpaired) electrons. The zero-order valence-corrected chi connectivity index (χ0v) is 63.8. The number of benzene rings is 6. The van der Waals surface area contributed by atoms with Crippen LogP contribution in [0.5, 0.6) is 0 Å². The van der Waals surface area contributed by atoms with Gasteiger partial charge < -0.3 is 29.1 Å². The van der Waals surface area contributed by atoms with Crippen molar-refractivity contribution in [3.05, 3.63) is 141 Å². The fourth-order valence-electron chi connectivity index (χ4n) is 15.7. The summed E-state index contributed by atoms with van der Waals surface area (Å²) in [6.07, 6.45) is 4.14. The Hall–Kier alpha value is -7.66. The summed E-state index contributed by atoms with van der Waals surface area (Å²) in [4.78, 5) is 69.6. The van der Waals surface area contributed by atoms with Crippen LogP contribution in [0, 0.1) is 13.8 Å². The van der Waals surface area contributed by atoms with Gasteiger partial charge in [-0.15, -0.1) is 22.7 Å². The topological polar surface area (TPSA) is 191 Å². The summed E-state index contributed by atoms with van der Waals surface area (Å²) in [5.74, 6) is -0.399. The van der Waals surface area contributed by atoms with E-state index in [2.05, 4.69) is 52.3 Å². The highest BCUT2D eigenvalue weighted by Gasteiger charge is 2.38. The number of likely N-dealkylation sites (tertiary alicyclic amines) is 4. The number of halogens is 2. The van der Waals surface area contributed by atoms with Gasteiger partial charge in [0.2, 0.25) is 11.8 Å². The molecule has 22 heteroatoms. The molecule has 14 rings (SSSR count). The number of carbonyl (C=O) groups excluding carboxylic acids is 3. The van der Waals surface area contributed by atoms with E-state index in [0.717, 1.165) is 205 Å². The zero-order valence-electron chi connectivity index (χ0n) is 60.7. The van der Waals surface area contributed by atoms with Gasteiger partial charge in [0.15, 0.2) is 12.2 Å². The van der Waals surface area contributed by atoms with Crippen molar-refractivity contribution in [2.24, 2.45) is 14.1 Å². The number of nitrogens with zero attached hydrogens (tertiary/aromatic N) is 10. The second-order valence-corrected chi connectivity index (χ2v) is 32.8. The van der Waals surface area contributed by atoms with Crippen LogP contribution < -0.4 is 0 Å². The number of amides is 2. The predicted octanol–water partition coefficient (Wildman–Crippen LogP) is 16.9. The molecule has 0 unspecified atom stereocenters.